The summed E-state index contributed by atoms with van der Waals surface area (Å²) in [5, 5.41) is 2.69. The Bertz CT molecular complexity index is 628. The molecule has 0 saturated heterocycles. The Morgan fingerprint density at radius 2 is 1.57 bits per heavy atom. The Kier molecular flexibility index (Phi) is 4.42. The number of nitrogens with one attached hydrogen (secondary N) is 1. The van der Waals surface area contributed by atoms with E-state index in [1.54, 1.807) is 12.1 Å². The van der Waals surface area contributed by atoms with Crippen molar-refractivity contribution in [3.63, 3.8) is 0 Å². The molecule has 110 valence electrons. The summed E-state index contributed by atoms with van der Waals surface area (Å²) in [5.41, 5.74) is 1.73. The van der Waals surface area contributed by atoms with E-state index in [1.165, 1.54) is 38.5 Å². The SMILES string of the molecule is COc1cc(C(=O)Nc2ccc(F)cc2)cc(OC)c1C. The summed E-state index contributed by atoms with van der Waals surface area (Å²) < 4.78 is 23.3. The van der Waals surface area contributed by atoms with Crippen LogP contribution in [0.4, 0.5) is 10.1 Å². The predicted octanol–water partition coefficient (Wildman–Crippen LogP) is 3.40. The first-order chi connectivity index (χ1) is 10.0. The number of hydrogen-bond donors (Lipinski definition) is 1. The second kappa shape index (κ2) is 6.26. The molecule has 0 atom stereocenters. The Balaban J connectivity index is 2.28. The van der Waals surface area contributed by atoms with Crippen LogP contribution in [0.15, 0.2) is 36.4 Å². The second-order valence-electron chi connectivity index (χ2n) is 4.47. The fraction of sp³-hybridized carbons (Fsp3) is 0.188. The molecule has 0 saturated carbocycles. The number of methoxy groups -OCH3 is 2. The van der Waals surface area contributed by atoms with Crippen LogP contribution >= 0.6 is 0 Å². The zero-order valence-corrected chi connectivity index (χ0v) is 12.1. The molecule has 0 aliphatic rings. The molecule has 5 heteroatoms. The molecular formula is C16H16FNO3. The van der Waals surface area contributed by atoms with Gasteiger partial charge >= 0.3 is 0 Å². The number of rotatable bonds is 4. The van der Waals surface area contributed by atoms with Crippen LogP contribution in [0.3, 0.4) is 0 Å². The fourth-order valence-corrected chi connectivity index (χ4v) is 1.95. The highest BCUT2D eigenvalue weighted by atomic mass is 19.1. The Hall–Kier alpha value is -2.56. The molecule has 0 radical (unpaired) electrons. The first kappa shape index (κ1) is 14.8. The normalized spacial score (nSPS) is 10.1. The molecule has 21 heavy (non-hydrogen) atoms. The molecule has 0 fully saturated rings. The van der Waals surface area contributed by atoms with Gasteiger partial charge in [0, 0.05) is 16.8 Å². The summed E-state index contributed by atoms with van der Waals surface area (Å²) >= 11 is 0. The lowest BCUT2D eigenvalue weighted by atomic mass is 10.1. The molecule has 2 aromatic carbocycles. The van der Waals surface area contributed by atoms with Crippen LogP contribution in [0, 0.1) is 12.7 Å². The van der Waals surface area contributed by atoms with Gasteiger partial charge < -0.3 is 14.8 Å². The highest BCUT2D eigenvalue weighted by Crippen LogP contribution is 2.29. The van der Waals surface area contributed by atoms with Crippen molar-refractivity contribution in [2.75, 3.05) is 19.5 Å². The van der Waals surface area contributed by atoms with E-state index < -0.39 is 0 Å². The van der Waals surface area contributed by atoms with Gasteiger partial charge in [-0.05, 0) is 43.3 Å². The average molecular weight is 289 g/mol. The number of anilines is 1. The van der Waals surface area contributed by atoms with Gasteiger partial charge in [0.15, 0.2) is 0 Å². The zero-order chi connectivity index (χ0) is 15.4. The summed E-state index contributed by atoms with van der Waals surface area (Å²) in [4.78, 5) is 12.2. The summed E-state index contributed by atoms with van der Waals surface area (Å²) in [6.45, 7) is 1.85. The lowest BCUT2D eigenvalue weighted by Gasteiger charge is -2.12. The molecule has 1 N–H and O–H groups in total. The van der Waals surface area contributed by atoms with Crippen molar-refractivity contribution >= 4 is 11.6 Å². The smallest absolute Gasteiger partial charge is 0.255 e. The van der Waals surface area contributed by atoms with Crippen molar-refractivity contribution in [3.05, 3.63) is 53.3 Å². The fourth-order valence-electron chi connectivity index (χ4n) is 1.95. The van der Waals surface area contributed by atoms with Crippen molar-refractivity contribution < 1.29 is 18.7 Å². The third kappa shape index (κ3) is 3.31. The molecule has 0 aliphatic heterocycles. The highest BCUT2D eigenvalue weighted by Gasteiger charge is 2.13. The molecule has 2 aromatic rings. The second-order valence-corrected chi connectivity index (χ2v) is 4.47. The van der Waals surface area contributed by atoms with Crippen molar-refractivity contribution in [1.82, 2.24) is 0 Å². The van der Waals surface area contributed by atoms with Gasteiger partial charge in [-0.2, -0.15) is 0 Å². The maximum absolute atomic E-state index is 12.8. The molecule has 4 nitrogen and oxygen atoms in total. The van der Waals surface area contributed by atoms with E-state index in [4.69, 9.17) is 9.47 Å². The number of amides is 1. The number of halogens is 1. The van der Waals surface area contributed by atoms with Crippen molar-refractivity contribution in [3.8, 4) is 11.5 Å². The maximum atomic E-state index is 12.8. The summed E-state index contributed by atoms with van der Waals surface area (Å²) in [6.07, 6.45) is 0. The van der Waals surface area contributed by atoms with E-state index in [2.05, 4.69) is 5.32 Å². The number of benzene rings is 2. The minimum Gasteiger partial charge on any atom is -0.496 e. The van der Waals surface area contributed by atoms with E-state index in [9.17, 15) is 9.18 Å². The summed E-state index contributed by atoms with van der Waals surface area (Å²) in [5.74, 6) is 0.460. The van der Waals surface area contributed by atoms with Crippen LogP contribution < -0.4 is 14.8 Å². The van der Waals surface area contributed by atoms with E-state index in [0.29, 0.717) is 22.7 Å². The average Bonchev–Trinajstić information content (AvgIpc) is 2.49. The lowest BCUT2D eigenvalue weighted by molar-refractivity contribution is 0.102. The molecule has 0 spiro atoms. The van der Waals surface area contributed by atoms with Crippen LogP contribution in [0.1, 0.15) is 15.9 Å². The number of ether oxygens (including phenoxy) is 2. The van der Waals surface area contributed by atoms with Gasteiger partial charge in [0.25, 0.3) is 5.91 Å². The number of carbonyl (C=O) groups excluding carboxylic acids is 1. The van der Waals surface area contributed by atoms with Crippen LogP contribution in [-0.2, 0) is 0 Å². The van der Waals surface area contributed by atoms with Gasteiger partial charge in [0.2, 0.25) is 0 Å². The van der Waals surface area contributed by atoms with Crippen molar-refractivity contribution in [2.45, 2.75) is 6.92 Å². The first-order valence-corrected chi connectivity index (χ1v) is 6.34. The molecule has 0 aliphatic carbocycles. The molecular weight excluding hydrogens is 273 g/mol. The largest absolute Gasteiger partial charge is 0.496 e. The standard InChI is InChI=1S/C16H16FNO3/c1-10-14(20-2)8-11(9-15(10)21-3)16(19)18-13-6-4-12(17)5-7-13/h4-9H,1-3H3,(H,18,19). The lowest BCUT2D eigenvalue weighted by Crippen LogP contribution is -2.12. The predicted molar refractivity (Wildman–Crippen MR) is 78.6 cm³/mol. The molecule has 1 amide bonds. The molecule has 0 unspecified atom stereocenters. The minimum atomic E-state index is -0.355. The highest BCUT2D eigenvalue weighted by molar-refractivity contribution is 6.04. The van der Waals surface area contributed by atoms with Gasteiger partial charge in [0.05, 0.1) is 14.2 Å². The Morgan fingerprint density at radius 1 is 1.05 bits per heavy atom. The van der Waals surface area contributed by atoms with Gasteiger partial charge in [0.1, 0.15) is 17.3 Å². The third-order valence-electron chi connectivity index (χ3n) is 3.12. The maximum Gasteiger partial charge on any atom is 0.255 e. The van der Waals surface area contributed by atoms with Gasteiger partial charge in [-0.25, -0.2) is 4.39 Å². The summed E-state index contributed by atoms with van der Waals surface area (Å²) in [6, 6.07) is 8.83. The first-order valence-electron chi connectivity index (χ1n) is 6.34. The topological polar surface area (TPSA) is 47.6 Å². The van der Waals surface area contributed by atoms with Crippen molar-refractivity contribution in [2.24, 2.45) is 0 Å². The Morgan fingerprint density at radius 3 is 2.05 bits per heavy atom. The van der Waals surface area contributed by atoms with E-state index in [1.807, 2.05) is 6.92 Å². The van der Waals surface area contributed by atoms with E-state index in [-0.39, 0.29) is 11.7 Å². The quantitative estimate of drug-likeness (QED) is 0.938. The third-order valence-corrected chi connectivity index (χ3v) is 3.12. The zero-order valence-electron chi connectivity index (χ0n) is 12.1. The van der Waals surface area contributed by atoms with E-state index >= 15 is 0 Å². The van der Waals surface area contributed by atoms with Crippen LogP contribution in [0.5, 0.6) is 11.5 Å². The van der Waals surface area contributed by atoms with Crippen molar-refractivity contribution in [1.29, 1.82) is 0 Å². The van der Waals surface area contributed by atoms with Gasteiger partial charge in [-0.1, -0.05) is 0 Å². The van der Waals surface area contributed by atoms with Crippen LogP contribution in [-0.4, -0.2) is 20.1 Å². The van der Waals surface area contributed by atoms with E-state index in [0.717, 1.165) is 5.56 Å². The van der Waals surface area contributed by atoms with Gasteiger partial charge in [-0.3, -0.25) is 4.79 Å². The summed E-state index contributed by atoms with van der Waals surface area (Å²) in [7, 11) is 3.06. The minimum absolute atomic E-state index is 0.321. The monoisotopic (exact) mass is 289 g/mol. The molecule has 2 rings (SSSR count). The molecule has 0 aromatic heterocycles. The number of hydrogen-bond acceptors (Lipinski definition) is 3. The number of carbonyl (C=O) groups is 1. The van der Waals surface area contributed by atoms with Crippen LogP contribution in [0.2, 0.25) is 0 Å². The van der Waals surface area contributed by atoms with Gasteiger partial charge in [-0.15, -0.1) is 0 Å². The molecule has 0 bridgehead atoms. The Labute approximate surface area is 122 Å². The molecule has 0 heterocycles. The van der Waals surface area contributed by atoms with Crippen LogP contribution in [0.25, 0.3) is 0 Å².